The first-order valence-corrected chi connectivity index (χ1v) is 8.39. The predicted molar refractivity (Wildman–Crippen MR) is 94.5 cm³/mol. The minimum atomic E-state index is 0.0192. The van der Waals surface area contributed by atoms with Crippen molar-refractivity contribution in [2.75, 3.05) is 13.1 Å². The number of aromatic amines is 1. The average Bonchev–Trinajstić information content (AvgIpc) is 3.28. The minimum Gasteiger partial charge on any atom is -0.360 e. The summed E-state index contributed by atoms with van der Waals surface area (Å²) < 4.78 is 5.38. The van der Waals surface area contributed by atoms with Crippen molar-refractivity contribution < 1.29 is 9.32 Å². The topological polar surface area (TPSA) is 87.9 Å². The monoisotopic (exact) mass is 345 g/mol. The van der Waals surface area contributed by atoms with Crippen LogP contribution in [0, 0.1) is 0 Å². The summed E-state index contributed by atoms with van der Waals surface area (Å²) in [5.74, 6) is 1.18. The molecule has 0 spiro atoms. The summed E-state index contributed by atoms with van der Waals surface area (Å²) in [6.07, 6.45) is 5.17. The molecule has 0 atom stereocenters. The molecule has 0 radical (unpaired) electrons. The molecule has 1 aliphatic heterocycles. The first-order valence-electron chi connectivity index (χ1n) is 8.39. The van der Waals surface area contributed by atoms with Crippen molar-refractivity contribution in [3.63, 3.8) is 0 Å². The number of pyridine rings is 1. The lowest BCUT2D eigenvalue weighted by molar-refractivity contribution is 0.0571. The van der Waals surface area contributed by atoms with E-state index in [9.17, 15) is 4.79 Å². The summed E-state index contributed by atoms with van der Waals surface area (Å²) in [5, 5.41) is 4.96. The van der Waals surface area contributed by atoms with Crippen molar-refractivity contribution in [3.05, 3.63) is 66.4 Å². The number of likely N-dealkylation sites (tertiary alicyclic amines) is 1. The molecule has 7 nitrogen and oxygen atoms in total. The molecule has 0 unspecified atom stereocenters. The Kier molecular flexibility index (Phi) is 3.31. The first kappa shape index (κ1) is 14.8. The van der Waals surface area contributed by atoms with E-state index in [1.807, 2.05) is 36.4 Å². The zero-order valence-electron chi connectivity index (χ0n) is 13.8. The maximum Gasteiger partial charge on any atom is 0.256 e. The van der Waals surface area contributed by atoms with Gasteiger partial charge in [-0.1, -0.05) is 23.4 Å². The standard InChI is InChI=1S/C19H15N5O2/c25-19(15-9-21-16-6-2-1-5-14(15)16)24-10-13(11-24)18-22-17(23-26-18)12-4-3-7-20-8-12/h1-9,13,21H,10-11H2. The van der Waals surface area contributed by atoms with Crippen LogP contribution in [0.5, 0.6) is 0 Å². The fraction of sp³-hybridized carbons (Fsp3) is 0.158. The Hall–Kier alpha value is -3.48. The maximum absolute atomic E-state index is 12.7. The van der Waals surface area contributed by atoms with Crippen molar-refractivity contribution in [1.82, 2.24) is 25.0 Å². The van der Waals surface area contributed by atoms with E-state index < -0.39 is 0 Å². The number of benzene rings is 1. The van der Waals surface area contributed by atoms with E-state index in [1.54, 1.807) is 23.5 Å². The van der Waals surface area contributed by atoms with Gasteiger partial charge in [-0.2, -0.15) is 4.98 Å². The fourth-order valence-corrected chi connectivity index (χ4v) is 3.23. The molecule has 1 fully saturated rings. The lowest BCUT2D eigenvalue weighted by Gasteiger charge is -2.36. The number of nitrogens with one attached hydrogen (secondary N) is 1. The van der Waals surface area contributed by atoms with Crippen LogP contribution in [0.4, 0.5) is 0 Å². The number of carbonyl (C=O) groups excluding carboxylic acids is 1. The molecule has 1 saturated heterocycles. The molecule has 0 saturated carbocycles. The lowest BCUT2D eigenvalue weighted by atomic mass is 9.98. The second-order valence-corrected chi connectivity index (χ2v) is 6.35. The van der Waals surface area contributed by atoms with Gasteiger partial charge in [0.1, 0.15) is 0 Å². The molecule has 1 aromatic carbocycles. The molecule has 0 bridgehead atoms. The van der Waals surface area contributed by atoms with Crippen LogP contribution in [0.2, 0.25) is 0 Å². The van der Waals surface area contributed by atoms with Crippen LogP contribution < -0.4 is 0 Å². The van der Waals surface area contributed by atoms with Gasteiger partial charge in [-0.15, -0.1) is 0 Å². The Bertz CT molecular complexity index is 1080. The molecule has 0 aliphatic carbocycles. The van der Waals surface area contributed by atoms with Gasteiger partial charge in [0.15, 0.2) is 0 Å². The average molecular weight is 345 g/mol. The van der Waals surface area contributed by atoms with Gasteiger partial charge >= 0.3 is 0 Å². The third-order valence-electron chi connectivity index (χ3n) is 4.70. The summed E-state index contributed by atoms with van der Waals surface area (Å²) >= 11 is 0. The Morgan fingerprint density at radius 2 is 2.08 bits per heavy atom. The van der Waals surface area contributed by atoms with E-state index in [1.165, 1.54) is 0 Å². The Labute approximate surface area is 148 Å². The molecule has 5 rings (SSSR count). The highest BCUT2D eigenvalue weighted by atomic mass is 16.5. The molecule has 4 aromatic rings. The maximum atomic E-state index is 12.7. The van der Waals surface area contributed by atoms with E-state index in [0.717, 1.165) is 16.5 Å². The summed E-state index contributed by atoms with van der Waals surface area (Å²) in [6.45, 7) is 1.15. The SMILES string of the molecule is O=C(c1c[nH]c2ccccc12)N1CC(c2nc(-c3cccnc3)no2)C1. The second-order valence-electron chi connectivity index (χ2n) is 6.35. The van der Waals surface area contributed by atoms with Gasteiger partial charge in [-0.25, -0.2) is 0 Å². The van der Waals surface area contributed by atoms with E-state index in [0.29, 0.717) is 30.4 Å². The van der Waals surface area contributed by atoms with Crippen LogP contribution in [0.1, 0.15) is 22.2 Å². The molecule has 4 heterocycles. The highest BCUT2D eigenvalue weighted by molar-refractivity contribution is 6.07. The number of hydrogen-bond donors (Lipinski definition) is 1. The quantitative estimate of drug-likeness (QED) is 0.617. The third-order valence-corrected chi connectivity index (χ3v) is 4.70. The van der Waals surface area contributed by atoms with Crippen molar-refractivity contribution in [2.24, 2.45) is 0 Å². The van der Waals surface area contributed by atoms with E-state index in [2.05, 4.69) is 20.1 Å². The first-order chi connectivity index (χ1) is 12.8. The lowest BCUT2D eigenvalue weighted by Crippen LogP contribution is -2.48. The van der Waals surface area contributed by atoms with Crippen LogP contribution in [0.25, 0.3) is 22.3 Å². The normalized spacial score (nSPS) is 14.5. The van der Waals surface area contributed by atoms with Gasteiger partial charge < -0.3 is 14.4 Å². The zero-order chi connectivity index (χ0) is 17.5. The number of fused-ring (bicyclic) bond motifs is 1. The Morgan fingerprint density at radius 3 is 2.92 bits per heavy atom. The Morgan fingerprint density at radius 1 is 1.19 bits per heavy atom. The largest absolute Gasteiger partial charge is 0.360 e. The zero-order valence-corrected chi connectivity index (χ0v) is 13.8. The van der Waals surface area contributed by atoms with Gasteiger partial charge in [-0.3, -0.25) is 9.78 Å². The van der Waals surface area contributed by atoms with Gasteiger partial charge in [0.05, 0.1) is 11.5 Å². The third kappa shape index (κ3) is 2.36. The van der Waals surface area contributed by atoms with Crippen LogP contribution in [0.3, 0.4) is 0 Å². The number of nitrogens with zero attached hydrogens (tertiary/aromatic N) is 4. The summed E-state index contributed by atoms with van der Waals surface area (Å²) in [7, 11) is 0. The summed E-state index contributed by atoms with van der Waals surface area (Å²) in [4.78, 5) is 26.2. The van der Waals surface area contributed by atoms with E-state index >= 15 is 0 Å². The van der Waals surface area contributed by atoms with Gasteiger partial charge in [0, 0.05) is 48.1 Å². The summed E-state index contributed by atoms with van der Waals surface area (Å²) in [5.41, 5.74) is 2.47. The second kappa shape index (κ2) is 5.80. The highest BCUT2D eigenvalue weighted by Crippen LogP contribution is 2.30. The summed E-state index contributed by atoms with van der Waals surface area (Å²) in [6, 6.07) is 11.5. The number of hydrogen-bond acceptors (Lipinski definition) is 5. The van der Waals surface area contributed by atoms with Gasteiger partial charge in [-0.05, 0) is 18.2 Å². The van der Waals surface area contributed by atoms with Crippen molar-refractivity contribution in [1.29, 1.82) is 0 Å². The number of para-hydroxylation sites is 1. The number of carbonyl (C=O) groups is 1. The number of amides is 1. The van der Waals surface area contributed by atoms with Crippen LogP contribution in [0.15, 0.2) is 59.5 Å². The molecular formula is C19H15N5O2. The molecule has 1 N–H and O–H groups in total. The van der Waals surface area contributed by atoms with E-state index in [-0.39, 0.29) is 11.8 Å². The van der Waals surface area contributed by atoms with Gasteiger partial charge in [0.2, 0.25) is 11.7 Å². The van der Waals surface area contributed by atoms with Crippen LogP contribution in [-0.4, -0.2) is 44.0 Å². The predicted octanol–water partition coefficient (Wildman–Crippen LogP) is 2.85. The number of rotatable bonds is 3. The van der Waals surface area contributed by atoms with Crippen LogP contribution in [-0.2, 0) is 0 Å². The van der Waals surface area contributed by atoms with Crippen molar-refractivity contribution in [2.45, 2.75) is 5.92 Å². The number of H-pyrrole nitrogens is 1. The van der Waals surface area contributed by atoms with Crippen molar-refractivity contribution in [3.8, 4) is 11.4 Å². The smallest absolute Gasteiger partial charge is 0.256 e. The molecule has 26 heavy (non-hydrogen) atoms. The molecule has 3 aromatic heterocycles. The number of aromatic nitrogens is 4. The highest BCUT2D eigenvalue weighted by Gasteiger charge is 2.36. The fourth-order valence-electron chi connectivity index (χ4n) is 3.23. The van der Waals surface area contributed by atoms with E-state index in [4.69, 9.17) is 4.52 Å². The molecule has 7 heteroatoms. The van der Waals surface area contributed by atoms with Crippen molar-refractivity contribution >= 4 is 16.8 Å². The van der Waals surface area contributed by atoms with Gasteiger partial charge in [0.25, 0.3) is 5.91 Å². The van der Waals surface area contributed by atoms with Crippen LogP contribution >= 0.6 is 0 Å². The molecule has 1 amide bonds. The molecule has 1 aliphatic rings. The molecule has 128 valence electrons. The Balaban J connectivity index is 1.30. The minimum absolute atomic E-state index is 0.0192. The molecular weight excluding hydrogens is 330 g/mol.